The van der Waals surface area contributed by atoms with Gasteiger partial charge in [-0.1, -0.05) is 44.7 Å². The van der Waals surface area contributed by atoms with Crippen molar-refractivity contribution in [2.45, 2.75) is 62.8 Å². The normalized spacial score (nSPS) is 20.2. The second-order valence-corrected chi connectivity index (χ2v) is 9.91. The first-order chi connectivity index (χ1) is 13.5. The fourth-order valence-corrected chi connectivity index (χ4v) is 5.54. The monoisotopic (exact) mass is 407 g/mol. The van der Waals surface area contributed by atoms with Gasteiger partial charge in [0.05, 0.1) is 11.4 Å². The van der Waals surface area contributed by atoms with Crippen LogP contribution in [-0.4, -0.2) is 62.3 Å². The van der Waals surface area contributed by atoms with Gasteiger partial charge in [0.2, 0.25) is 15.9 Å². The molecule has 3 rings (SSSR count). The van der Waals surface area contributed by atoms with Crippen LogP contribution in [0.4, 0.5) is 0 Å². The summed E-state index contributed by atoms with van der Waals surface area (Å²) in [6, 6.07) is 7.55. The van der Waals surface area contributed by atoms with Crippen molar-refractivity contribution < 1.29 is 13.2 Å². The molecule has 1 amide bonds. The highest BCUT2D eigenvalue weighted by atomic mass is 32.2. The molecule has 2 aliphatic rings. The Labute approximate surface area is 169 Å². The molecule has 6 nitrogen and oxygen atoms in total. The van der Waals surface area contributed by atoms with Crippen LogP contribution >= 0.6 is 0 Å². The third-order valence-electron chi connectivity index (χ3n) is 5.77. The van der Waals surface area contributed by atoms with Gasteiger partial charge in [-0.3, -0.25) is 9.69 Å². The van der Waals surface area contributed by atoms with Crippen LogP contribution in [0, 0.1) is 0 Å². The number of hydrogen-bond acceptors (Lipinski definition) is 4. The number of carbonyl (C=O) groups excluding carboxylic acids is 1. The van der Waals surface area contributed by atoms with Gasteiger partial charge in [-0.2, -0.15) is 4.31 Å². The summed E-state index contributed by atoms with van der Waals surface area (Å²) in [5.74, 6) is 0.0646. The maximum Gasteiger partial charge on any atom is 0.243 e. The number of sulfonamides is 1. The lowest BCUT2D eigenvalue weighted by atomic mass is 9.95. The first kappa shape index (κ1) is 21.3. The Morgan fingerprint density at radius 3 is 2.29 bits per heavy atom. The minimum absolute atomic E-state index is 0.0646. The Morgan fingerprint density at radius 2 is 1.68 bits per heavy atom. The van der Waals surface area contributed by atoms with Crippen molar-refractivity contribution in [1.29, 1.82) is 0 Å². The van der Waals surface area contributed by atoms with E-state index in [1.54, 1.807) is 12.1 Å². The average molecular weight is 408 g/mol. The van der Waals surface area contributed by atoms with Crippen LogP contribution in [0.3, 0.4) is 0 Å². The zero-order chi connectivity index (χ0) is 20.0. The predicted octanol–water partition coefficient (Wildman–Crippen LogP) is 2.39. The molecule has 7 heteroatoms. The van der Waals surface area contributed by atoms with E-state index in [-0.39, 0.29) is 5.91 Å². The summed E-state index contributed by atoms with van der Waals surface area (Å²) in [5, 5.41) is 3.14. The van der Waals surface area contributed by atoms with E-state index in [9.17, 15) is 13.2 Å². The fraction of sp³-hybridized carbons (Fsp3) is 0.667. The zero-order valence-electron chi connectivity index (χ0n) is 16.9. The van der Waals surface area contributed by atoms with E-state index in [2.05, 4.69) is 17.1 Å². The van der Waals surface area contributed by atoms with Crippen molar-refractivity contribution in [2.24, 2.45) is 0 Å². The van der Waals surface area contributed by atoms with E-state index in [0.29, 0.717) is 43.7 Å². The standard InChI is InChI=1S/C21H33N3O3S/c1-2-6-18-9-11-20(12-10-18)28(26,27)24-15-13-23(14-16-24)17-21(25)22-19-7-4-3-5-8-19/h9-12,19H,2-8,13-17H2,1H3,(H,22,25). The number of hydrogen-bond donors (Lipinski definition) is 1. The van der Waals surface area contributed by atoms with Gasteiger partial charge < -0.3 is 5.32 Å². The molecule has 1 heterocycles. The summed E-state index contributed by atoms with van der Waals surface area (Å²) >= 11 is 0. The van der Waals surface area contributed by atoms with Crippen molar-refractivity contribution in [1.82, 2.24) is 14.5 Å². The van der Waals surface area contributed by atoms with E-state index >= 15 is 0 Å². The Balaban J connectivity index is 1.49. The minimum atomic E-state index is -3.46. The summed E-state index contributed by atoms with van der Waals surface area (Å²) in [4.78, 5) is 14.7. The van der Waals surface area contributed by atoms with Crippen LogP contribution < -0.4 is 5.32 Å². The number of piperazine rings is 1. The van der Waals surface area contributed by atoms with Crippen LogP contribution in [0.1, 0.15) is 51.0 Å². The van der Waals surface area contributed by atoms with E-state index in [1.165, 1.54) is 23.6 Å². The van der Waals surface area contributed by atoms with Gasteiger partial charge >= 0.3 is 0 Å². The lowest BCUT2D eigenvalue weighted by Gasteiger charge is -2.34. The molecule has 156 valence electrons. The van der Waals surface area contributed by atoms with E-state index in [1.807, 2.05) is 12.1 Å². The van der Waals surface area contributed by atoms with Crippen LogP contribution in [-0.2, 0) is 21.2 Å². The van der Waals surface area contributed by atoms with E-state index < -0.39 is 10.0 Å². The fourth-order valence-electron chi connectivity index (χ4n) is 4.12. The molecule has 1 aliphatic carbocycles. The molecule has 1 aromatic rings. The average Bonchev–Trinajstić information content (AvgIpc) is 2.70. The highest BCUT2D eigenvalue weighted by molar-refractivity contribution is 7.89. The Morgan fingerprint density at radius 1 is 1.04 bits per heavy atom. The van der Waals surface area contributed by atoms with Crippen molar-refractivity contribution in [3.05, 3.63) is 29.8 Å². The number of carbonyl (C=O) groups is 1. The van der Waals surface area contributed by atoms with Crippen molar-refractivity contribution in [3.8, 4) is 0 Å². The van der Waals surface area contributed by atoms with Crippen LogP contribution in [0.15, 0.2) is 29.2 Å². The lowest BCUT2D eigenvalue weighted by Crippen LogP contribution is -2.51. The van der Waals surface area contributed by atoms with Crippen LogP contribution in [0.2, 0.25) is 0 Å². The Kier molecular flexibility index (Phi) is 7.48. The molecule has 0 bridgehead atoms. The second-order valence-electron chi connectivity index (χ2n) is 7.98. The summed E-state index contributed by atoms with van der Waals surface area (Å²) in [6.45, 7) is 4.50. The second kappa shape index (κ2) is 9.85. The van der Waals surface area contributed by atoms with Crippen molar-refractivity contribution >= 4 is 15.9 Å². The molecular formula is C21H33N3O3S. The van der Waals surface area contributed by atoms with Gasteiger partial charge in [0, 0.05) is 32.2 Å². The quantitative estimate of drug-likeness (QED) is 0.754. The molecule has 2 fully saturated rings. The van der Waals surface area contributed by atoms with E-state index in [4.69, 9.17) is 0 Å². The zero-order valence-corrected chi connectivity index (χ0v) is 17.7. The highest BCUT2D eigenvalue weighted by Crippen LogP contribution is 2.19. The SMILES string of the molecule is CCCc1ccc(S(=O)(=O)N2CCN(CC(=O)NC3CCCCC3)CC2)cc1. The number of aryl methyl sites for hydroxylation is 1. The first-order valence-corrected chi connectivity index (χ1v) is 12.0. The maximum atomic E-state index is 12.9. The molecule has 1 saturated heterocycles. The van der Waals surface area contributed by atoms with E-state index in [0.717, 1.165) is 31.2 Å². The summed E-state index contributed by atoms with van der Waals surface area (Å²) in [7, 11) is -3.46. The van der Waals surface area contributed by atoms with Gasteiger partial charge in [0.25, 0.3) is 0 Å². The van der Waals surface area contributed by atoms with Gasteiger partial charge in [0.15, 0.2) is 0 Å². The largest absolute Gasteiger partial charge is 0.352 e. The van der Waals surface area contributed by atoms with Crippen LogP contribution in [0.5, 0.6) is 0 Å². The summed E-state index contributed by atoms with van der Waals surface area (Å²) in [5.41, 5.74) is 1.16. The molecular weight excluding hydrogens is 374 g/mol. The molecule has 1 aromatic carbocycles. The summed E-state index contributed by atoms with van der Waals surface area (Å²) in [6.07, 6.45) is 7.82. The maximum absolute atomic E-state index is 12.9. The van der Waals surface area contributed by atoms with Gasteiger partial charge in [-0.25, -0.2) is 8.42 Å². The molecule has 0 radical (unpaired) electrons. The highest BCUT2D eigenvalue weighted by Gasteiger charge is 2.29. The molecule has 28 heavy (non-hydrogen) atoms. The van der Waals surface area contributed by atoms with Gasteiger partial charge in [-0.05, 0) is 37.0 Å². The molecule has 0 unspecified atom stereocenters. The molecule has 0 atom stereocenters. The topological polar surface area (TPSA) is 69.7 Å². The molecule has 1 N–H and O–H groups in total. The number of nitrogens with one attached hydrogen (secondary N) is 1. The molecule has 1 aliphatic heterocycles. The third-order valence-corrected chi connectivity index (χ3v) is 7.68. The van der Waals surface area contributed by atoms with Crippen LogP contribution in [0.25, 0.3) is 0 Å². The number of amides is 1. The predicted molar refractivity (Wildman–Crippen MR) is 111 cm³/mol. The molecule has 1 saturated carbocycles. The van der Waals surface area contributed by atoms with Crippen molar-refractivity contribution in [2.75, 3.05) is 32.7 Å². The smallest absolute Gasteiger partial charge is 0.243 e. The van der Waals surface area contributed by atoms with Crippen molar-refractivity contribution in [3.63, 3.8) is 0 Å². The number of benzene rings is 1. The Bertz CT molecular complexity index is 735. The summed E-state index contributed by atoms with van der Waals surface area (Å²) < 4.78 is 27.3. The lowest BCUT2D eigenvalue weighted by molar-refractivity contribution is -0.123. The third kappa shape index (κ3) is 5.55. The van der Waals surface area contributed by atoms with Gasteiger partial charge in [-0.15, -0.1) is 0 Å². The molecule has 0 spiro atoms. The number of nitrogens with zero attached hydrogens (tertiary/aromatic N) is 2. The van der Waals surface area contributed by atoms with Gasteiger partial charge in [0.1, 0.15) is 0 Å². The minimum Gasteiger partial charge on any atom is -0.352 e. The molecule has 0 aromatic heterocycles. The number of rotatable bonds is 7. The Hall–Kier alpha value is -1.44. The first-order valence-electron chi connectivity index (χ1n) is 10.6.